The zero-order valence-electron chi connectivity index (χ0n) is 20.9. The number of benzene rings is 1. The molecule has 194 valence electrons. The van der Waals surface area contributed by atoms with Crippen molar-refractivity contribution < 1.29 is 9.32 Å². The molecule has 10 heteroatoms. The number of thiophene rings is 1. The van der Waals surface area contributed by atoms with Crippen LogP contribution in [0.1, 0.15) is 24.8 Å². The van der Waals surface area contributed by atoms with Crippen LogP contribution in [-0.2, 0) is 4.79 Å². The number of likely N-dealkylation sites (tertiary alicyclic amines) is 1. The van der Waals surface area contributed by atoms with Gasteiger partial charge >= 0.3 is 5.76 Å². The van der Waals surface area contributed by atoms with Gasteiger partial charge in [-0.25, -0.2) is 9.78 Å². The summed E-state index contributed by atoms with van der Waals surface area (Å²) in [4.78, 5) is 38.4. The standard InChI is InChI=1S/C28H28N6O3S/c35-25(33-11-8-18(9-12-33)23-3-1-2-19-10-13-38-26(19)23)17-32-15-21-5-6-22(16-32)34(21)24-7-4-20(14-29-24)27-30-28(36)37-31-27/h1-4,7-8,10,13-14,21-22H,5-6,9,11-12,15-17H2,(H,30,31,36). The summed E-state index contributed by atoms with van der Waals surface area (Å²) in [5.74, 6) is 0.938. The largest absolute Gasteiger partial charge is 0.439 e. The summed E-state index contributed by atoms with van der Waals surface area (Å²) in [6.45, 7) is 3.63. The van der Waals surface area contributed by atoms with Gasteiger partial charge in [0.15, 0.2) is 5.82 Å². The van der Waals surface area contributed by atoms with E-state index >= 15 is 0 Å². The summed E-state index contributed by atoms with van der Waals surface area (Å²) < 4.78 is 5.93. The third-order valence-electron chi connectivity index (χ3n) is 8.03. The molecule has 0 spiro atoms. The molecule has 3 aliphatic heterocycles. The lowest BCUT2D eigenvalue weighted by atomic mass is 9.98. The van der Waals surface area contributed by atoms with E-state index in [1.54, 1.807) is 17.5 Å². The SMILES string of the molecule is O=C(CN1CC2CCC(C1)N2c1ccc(-c2noc(=O)[nH]2)cn1)N1CC=C(c2cccc3ccsc23)CC1. The molecule has 9 nitrogen and oxygen atoms in total. The Bertz CT molecular complexity index is 1560. The summed E-state index contributed by atoms with van der Waals surface area (Å²) in [5, 5.41) is 7.17. The Labute approximate surface area is 223 Å². The number of hydrogen-bond donors (Lipinski definition) is 1. The van der Waals surface area contributed by atoms with Gasteiger partial charge in [-0.2, -0.15) is 0 Å². The first-order valence-electron chi connectivity index (χ1n) is 13.1. The van der Waals surface area contributed by atoms with Gasteiger partial charge in [0.2, 0.25) is 5.91 Å². The number of rotatable bonds is 5. The molecular weight excluding hydrogens is 500 g/mol. The summed E-state index contributed by atoms with van der Waals surface area (Å²) in [7, 11) is 0. The number of pyridine rings is 1. The molecule has 0 aliphatic carbocycles. The van der Waals surface area contributed by atoms with E-state index in [4.69, 9.17) is 0 Å². The predicted molar refractivity (Wildman–Crippen MR) is 147 cm³/mol. The molecule has 0 radical (unpaired) electrons. The van der Waals surface area contributed by atoms with Crippen LogP contribution in [0.4, 0.5) is 5.82 Å². The summed E-state index contributed by atoms with van der Waals surface area (Å²) in [6, 6.07) is 13.2. The zero-order chi connectivity index (χ0) is 25.6. The molecule has 38 heavy (non-hydrogen) atoms. The first-order chi connectivity index (χ1) is 18.6. The lowest BCUT2D eigenvalue weighted by Gasteiger charge is -2.42. The van der Waals surface area contributed by atoms with Gasteiger partial charge < -0.3 is 9.80 Å². The number of nitrogens with one attached hydrogen (secondary N) is 1. The highest BCUT2D eigenvalue weighted by Crippen LogP contribution is 2.35. The molecule has 1 amide bonds. The Morgan fingerprint density at radius 2 is 2.00 bits per heavy atom. The highest BCUT2D eigenvalue weighted by Gasteiger charge is 2.41. The maximum absolute atomic E-state index is 13.2. The van der Waals surface area contributed by atoms with Crippen molar-refractivity contribution in [3.8, 4) is 11.4 Å². The van der Waals surface area contributed by atoms with Gasteiger partial charge in [0, 0.05) is 54.7 Å². The van der Waals surface area contributed by atoms with Crippen LogP contribution in [0.25, 0.3) is 27.0 Å². The molecule has 4 aromatic rings. The highest BCUT2D eigenvalue weighted by atomic mass is 32.1. The van der Waals surface area contributed by atoms with Gasteiger partial charge in [0.1, 0.15) is 5.82 Å². The minimum atomic E-state index is -0.579. The fourth-order valence-electron chi connectivity index (χ4n) is 6.20. The molecule has 2 bridgehead atoms. The second-order valence-electron chi connectivity index (χ2n) is 10.3. The van der Waals surface area contributed by atoms with E-state index < -0.39 is 5.76 Å². The number of nitrogens with zero attached hydrogens (tertiary/aromatic N) is 5. The van der Waals surface area contributed by atoms with E-state index in [0.29, 0.717) is 36.6 Å². The quantitative estimate of drug-likeness (QED) is 0.423. The van der Waals surface area contributed by atoms with Gasteiger partial charge in [0.05, 0.1) is 6.54 Å². The van der Waals surface area contributed by atoms with E-state index in [9.17, 15) is 9.59 Å². The second-order valence-corrected chi connectivity index (χ2v) is 11.2. The normalized spacial score (nSPS) is 21.7. The maximum atomic E-state index is 13.2. The van der Waals surface area contributed by atoms with E-state index in [2.05, 4.69) is 65.2 Å². The lowest BCUT2D eigenvalue weighted by Crippen LogP contribution is -2.56. The monoisotopic (exact) mass is 528 g/mol. The fraction of sp³-hybridized carbons (Fsp3) is 0.357. The minimum absolute atomic E-state index is 0.214. The van der Waals surface area contributed by atoms with Crippen LogP contribution in [0.2, 0.25) is 0 Å². The van der Waals surface area contributed by atoms with E-state index in [1.807, 2.05) is 17.0 Å². The Balaban J connectivity index is 0.980. The number of amides is 1. The van der Waals surface area contributed by atoms with E-state index in [-0.39, 0.29) is 5.91 Å². The summed E-state index contributed by atoms with van der Waals surface area (Å²) in [5.41, 5.74) is 3.37. The van der Waals surface area contributed by atoms with Crippen LogP contribution in [0.15, 0.2) is 63.4 Å². The van der Waals surface area contributed by atoms with Crippen LogP contribution >= 0.6 is 11.3 Å². The average Bonchev–Trinajstić information content (AvgIpc) is 3.66. The molecule has 3 aromatic heterocycles. The van der Waals surface area contributed by atoms with Crippen molar-refractivity contribution in [3.05, 3.63) is 70.2 Å². The third-order valence-corrected chi connectivity index (χ3v) is 8.99. The Morgan fingerprint density at radius 1 is 1.13 bits per heavy atom. The molecule has 3 aliphatic rings. The van der Waals surface area contributed by atoms with Crippen LogP contribution in [0.5, 0.6) is 0 Å². The van der Waals surface area contributed by atoms with Crippen molar-refractivity contribution in [2.24, 2.45) is 0 Å². The lowest BCUT2D eigenvalue weighted by molar-refractivity contribution is -0.132. The van der Waals surface area contributed by atoms with Crippen LogP contribution in [0, 0.1) is 0 Å². The number of piperazine rings is 1. The molecule has 2 atom stereocenters. The number of aromatic nitrogens is 3. The van der Waals surface area contributed by atoms with Crippen molar-refractivity contribution >= 4 is 38.7 Å². The molecule has 2 unspecified atom stereocenters. The zero-order valence-corrected chi connectivity index (χ0v) is 21.7. The molecule has 0 saturated carbocycles. The van der Waals surface area contributed by atoms with Crippen molar-refractivity contribution in [1.82, 2.24) is 24.9 Å². The number of hydrogen-bond acceptors (Lipinski definition) is 8. The fourth-order valence-corrected chi connectivity index (χ4v) is 7.15. The number of carbonyl (C=O) groups is 1. The van der Waals surface area contributed by atoms with E-state index in [0.717, 1.165) is 44.7 Å². The average molecular weight is 529 g/mol. The molecule has 1 N–H and O–H groups in total. The maximum Gasteiger partial charge on any atom is 0.439 e. The van der Waals surface area contributed by atoms with Crippen LogP contribution < -0.4 is 10.7 Å². The highest BCUT2D eigenvalue weighted by molar-refractivity contribution is 7.17. The van der Waals surface area contributed by atoms with E-state index in [1.165, 1.54) is 21.2 Å². The second kappa shape index (κ2) is 9.52. The molecule has 1 aromatic carbocycles. The number of fused-ring (bicyclic) bond motifs is 3. The summed E-state index contributed by atoms with van der Waals surface area (Å²) in [6.07, 6.45) is 7.04. The number of anilines is 1. The van der Waals surface area contributed by atoms with Crippen molar-refractivity contribution in [2.45, 2.75) is 31.3 Å². The Hall–Kier alpha value is -3.76. The molecular formula is C28H28N6O3S. The molecule has 7 rings (SSSR count). The number of carbonyl (C=O) groups excluding carboxylic acids is 1. The third kappa shape index (κ3) is 4.23. The topological polar surface area (TPSA) is 98.6 Å². The number of aromatic amines is 1. The van der Waals surface area contributed by atoms with Crippen LogP contribution in [-0.4, -0.2) is 75.6 Å². The molecule has 2 saturated heterocycles. The summed E-state index contributed by atoms with van der Waals surface area (Å²) >= 11 is 1.79. The van der Waals surface area contributed by atoms with Crippen molar-refractivity contribution in [1.29, 1.82) is 0 Å². The Kier molecular flexibility index (Phi) is 5.85. The first-order valence-corrected chi connectivity index (χ1v) is 14.0. The molecule has 2 fully saturated rings. The smallest absolute Gasteiger partial charge is 0.348 e. The van der Waals surface area contributed by atoms with Crippen LogP contribution in [0.3, 0.4) is 0 Å². The van der Waals surface area contributed by atoms with Crippen molar-refractivity contribution in [2.75, 3.05) is 37.6 Å². The number of H-pyrrole nitrogens is 1. The minimum Gasteiger partial charge on any atom is -0.348 e. The van der Waals surface area contributed by atoms with Gasteiger partial charge in [0.25, 0.3) is 0 Å². The van der Waals surface area contributed by atoms with Gasteiger partial charge in [-0.1, -0.05) is 29.4 Å². The van der Waals surface area contributed by atoms with Gasteiger partial charge in [-0.15, -0.1) is 11.3 Å². The molecule has 6 heterocycles. The first kappa shape index (κ1) is 23.4. The predicted octanol–water partition coefficient (Wildman–Crippen LogP) is 3.61. The Morgan fingerprint density at radius 3 is 2.71 bits per heavy atom. The van der Waals surface area contributed by atoms with Crippen molar-refractivity contribution in [3.63, 3.8) is 0 Å². The van der Waals surface area contributed by atoms with Gasteiger partial charge in [-0.3, -0.25) is 19.2 Å². The van der Waals surface area contributed by atoms with Gasteiger partial charge in [-0.05, 0) is 59.4 Å².